The molecule has 76 valence electrons. The van der Waals surface area contributed by atoms with Crippen molar-refractivity contribution in [2.24, 2.45) is 5.92 Å². The fourth-order valence-corrected chi connectivity index (χ4v) is 1.15. The molecule has 0 bridgehead atoms. The second kappa shape index (κ2) is 4.45. The summed E-state index contributed by atoms with van der Waals surface area (Å²) in [5, 5.41) is 17.2. The molecule has 1 rings (SSSR count). The van der Waals surface area contributed by atoms with Crippen LogP contribution >= 0.6 is 0 Å². The van der Waals surface area contributed by atoms with Gasteiger partial charge in [-0.3, -0.25) is 9.59 Å². The molecule has 0 aliphatic rings. The zero-order valence-corrected chi connectivity index (χ0v) is 7.46. The van der Waals surface area contributed by atoms with E-state index in [1.807, 2.05) is 0 Å². The topological polar surface area (TPSA) is 79.5 Å². The summed E-state index contributed by atoms with van der Waals surface area (Å²) in [7, 11) is 0. The van der Waals surface area contributed by atoms with Gasteiger partial charge in [-0.25, -0.2) is 0 Å². The normalized spacial score (nSPS) is 10.4. The van der Waals surface area contributed by atoms with Crippen LogP contribution < -0.4 is 0 Å². The van der Waals surface area contributed by atoms with Crippen molar-refractivity contribution in [3.05, 3.63) is 24.5 Å². The van der Waals surface area contributed by atoms with Crippen LogP contribution in [-0.2, 0) is 16.1 Å². The van der Waals surface area contributed by atoms with Gasteiger partial charge in [-0.2, -0.15) is 0 Å². The fraction of sp³-hybridized carbons (Fsp3) is 0.333. The van der Waals surface area contributed by atoms with Gasteiger partial charge in [-0.1, -0.05) is 0 Å². The van der Waals surface area contributed by atoms with Gasteiger partial charge in [0.2, 0.25) is 0 Å². The molecule has 0 spiro atoms. The van der Waals surface area contributed by atoms with Gasteiger partial charge >= 0.3 is 11.9 Å². The lowest BCUT2D eigenvalue weighted by atomic mass is 10.1. The maximum atomic E-state index is 10.5. The number of aromatic nitrogens is 1. The SMILES string of the molecule is O=C(O)C(CCn1cccc1)C(=O)O. The number of carbonyl (C=O) groups is 2. The third-order valence-electron chi connectivity index (χ3n) is 1.94. The first kappa shape index (κ1) is 10.3. The van der Waals surface area contributed by atoms with Gasteiger partial charge in [0.25, 0.3) is 0 Å². The molecule has 0 aliphatic carbocycles. The van der Waals surface area contributed by atoms with E-state index in [4.69, 9.17) is 10.2 Å². The van der Waals surface area contributed by atoms with Gasteiger partial charge < -0.3 is 14.8 Å². The largest absolute Gasteiger partial charge is 0.481 e. The summed E-state index contributed by atoms with van der Waals surface area (Å²) < 4.78 is 1.75. The van der Waals surface area contributed by atoms with Gasteiger partial charge in [0.05, 0.1) is 0 Å². The number of carboxylic acid groups (broad SMARTS) is 2. The molecule has 0 fully saturated rings. The number of hydrogen-bond donors (Lipinski definition) is 2. The molecule has 1 heterocycles. The summed E-state index contributed by atoms with van der Waals surface area (Å²) in [6.07, 6.45) is 3.63. The summed E-state index contributed by atoms with van der Waals surface area (Å²) in [4.78, 5) is 21.0. The van der Waals surface area contributed by atoms with Crippen molar-refractivity contribution >= 4 is 11.9 Å². The highest BCUT2D eigenvalue weighted by atomic mass is 16.4. The maximum Gasteiger partial charge on any atom is 0.317 e. The summed E-state index contributed by atoms with van der Waals surface area (Å²) in [5.74, 6) is -3.90. The van der Waals surface area contributed by atoms with Gasteiger partial charge in [0, 0.05) is 18.9 Å². The monoisotopic (exact) mass is 197 g/mol. The van der Waals surface area contributed by atoms with Crippen LogP contribution in [0.3, 0.4) is 0 Å². The van der Waals surface area contributed by atoms with Crippen molar-refractivity contribution < 1.29 is 19.8 Å². The Balaban J connectivity index is 2.49. The Kier molecular flexibility index (Phi) is 3.28. The molecule has 1 aromatic heterocycles. The highest BCUT2D eigenvalue weighted by Crippen LogP contribution is 2.06. The smallest absolute Gasteiger partial charge is 0.317 e. The minimum absolute atomic E-state index is 0.0966. The summed E-state index contributed by atoms with van der Waals surface area (Å²) >= 11 is 0. The van der Waals surface area contributed by atoms with Crippen LogP contribution in [0, 0.1) is 5.92 Å². The Morgan fingerprint density at radius 3 is 2.07 bits per heavy atom. The van der Waals surface area contributed by atoms with Crippen LogP contribution in [0.2, 0.25) is 0 Å². The molecule has 5 heteroatoms. The van der Waals surface area contributed by atoms with E-state index in [0.29, 0.717) is 6.54 Å². The van der Waals surface area contributed by atoms with Crippen molar-refractivity contribution in [3.8, 4) is 0 Å². The van der Waals surface area contributed by atoms with Crippen molar-refractivity contribution in [1.29, 1.82) is 0 Å². The molecule has 2 N–H and O–H groups in total. The highest BCUT2D eigenvalue weighted by Gasteiger charge is 2.24. The molecule has 0 saturated carbocycles. The Morgan fingerprint density at radius 1 is 1.14 bits per heavy atom. The van der Waals surface area contributed by atoms with Crippen molar-refractivity contribution in [3.63, 3.8) is 0 Å². The number of hydrogen-bond acceptors (Lipinski definition) is 2. The molecule has 5 nitrogen and oxygen atoms in total. The number of nitrogens with zero attached hydrogens (tertiary/aromatic N) is 1. The molecule has 0 unspecified atom stereocenters. The Morgan fingerprint density at radius 2 is 1.64 bits per heavy atom. The summed E-state index contributed by atoms with van der Waals surface area (Å²) in [6.45, 7) is 0.399. The second-order valence-electron chi connectivity index (χ2n) is 2.94. The lowest BCUT2D eigenvalue weighted by molar-refractivity contribution is -0.154. The van der Waals surface area contributed by atoms with E-state index in [-0.39, 0.29) is 6.42 Å². The predicted octanol–water partition coefficient (Wildman–Crippen LogP) is 0.664. The van der Waals surface area contributed by atoms with E-state index in [1.54, 1.807) is 29.1 Å². The maximum absolute atomic E-state index is 10.5. The van der Waals surface area contributed by atoms with Gasteiger partial charge in [0.1, 0.15) is 0 Å². The van der Waals surface area contributed by atoms with Crippen LogP contribution in [0.15, 0.2) is 24.5 Å². The predicted molar refractivity (Wildman–Crippen MR) is 47.8 cm³/mol. The van der Waals surface area contributed by atoms with Gasteiger partial charge in [-0.05, 0) is 18.6 Å². The lowest BCUT2D eigenvalue weighted by Crippen LogP contribution is -2.24. The number of aliphatic carboxylic acids is 2. The first-order valence-electron chi connectivity index (χ1n) is 4.17. The molecule has 0 aliphatic heterocycles. The number of rotatable bonds is 5. The molecule has 1 aromatic rings. The number of carboxylic acids is 2. The second-order valence-corrected chi connectivity index (χ2v) is 2.94. The molecule has 0 atom stereocenters. The van der Waals surface area contributed by atoms with Crippen LogP contribution in [-0.4, -0.2) is 26.7 Å². The lowest BCUT2D eigenvalue weighted by Gasteiger charge is -2.07. The average molecular weight is 197 g/mol. The molecule has 14 heavy (non-hydrogen) atoms. The minimum atomic E-state index is -1.32. The van der Waals surface area contributed by atoms with Gasteiger partial charge in [0.15, 0.2) is 5.92 Å². The Bertz CT molecular complexity index is 304. The van der Waals surface area contributed by atoms with Crippen LogP contribution in [0.25, 0.3) is 0 Å². The summed E-state index contributed by atoms with van der Waals surface area (Å²) in [5.41, 5.74) is 0. The van der Waals surface area contributed by atoms with E-state index in [2.05, 4.69) is 0 Å². The Labute approximate surface area is 80.6 Å². The van der Waals surface area contributed by atoms with Crippen LogP contribution in [0.4, 0.5) is 0 Å². The molecule has 0 radical (unpaired) electrons. The third kappa shape index (κ3) is 2.62. The first-order valence-corrected chi connectivity index (χ1v) is 4.17. The molecular weight excluding hydrogens is 186 g/mol. The molecule has 0 aromatic carbocycles. The standard InChI is InChI=1S/C9H11NO4/c11-8(12)7(9(13)14)3-6-10-4-1-2-5-10/h1-2,4-5,7H,3,6H2,(H,11,12)(H,13,14). The summed E-state index contributed by atoms with van der Waals surface area (Å²) in [6, 6.07) is 3.60. The highest BCUT2D eigenvalue weighted by molar-refractivity contribution is 5.92. The Hall–Kier alpha value is -1.78. The van der Waals surface area contributed by atoms with Crippen LogP contribution in [0.1, 0.15) is 6.42 Å². The first-order chi connectivity index (χ1) is 6.61. The fourth-order valence-electron chi connectivity index (χ4n) is 1.15. The van der Waals surface area contributed by atoms with Crippen molar-refractivity contribution in [2.45, 2.75) is 13.0 Å². The molecule has 0 amide bonds. The van der Waals surface area contributed by atoms with E-state index in [9.17, 15) is 9.59 Å². The zero-order valence-electron chi connectivity index (χ0n) is 7.46. The zero-order chi connectivity index (χ0) is 10.6. The van der Waals surface area contributed by atoms with Crippen molar-refractivity contribution in [1.82, 2.24) is 4.57 Å². The van der Waals surface area contributed by atoms with E-state index in [0.717, 1.165) is 0 Å². The third-order valence-corrected chi connectivity index (χ3v) is 1.94. The molecule has 0 saturated heterocycles. The van der Waals surface area contributed by atoms with Crippen LogP contribution in [0.5, 0.6) is 0 Å². The van der Waals surface area contributed by atoms with E-state index in [1.165, 1.54) is 0 Å². The molecular formula is C9H11NO4. The quantitative estimate of drug-likeness (QED) is 0.679. The van der Waals surface area contributed by atoms with E-state index >= 15 is 0 Å². The van der Waals surface area contributed by atoms with E-state index < -0.39 is 17.9 Å². The minimum Gasteiger partial charge on any atom is -0.481 e. The average Bonchev–Trinajstić information content (AvgIpc) is 2.55. The number of aryl methyl sites for hydroxylation is 1. The van der Waals surface area contributed by atoms with Gasteiger partial charge in [-0.15, -0.1) is 0 Å². The van der Waals surface area contributed by atoms with Crippen molar-refractivity contribution in [2.75, 3.05) is 0 Å².